The number of carbonyl (C=O) groups is 2. The van der Waals surface area contributed by atoms with E-state index in [-0.39, 0.29) is 47.4 Å². The number of methoxy groups -OCH3 is 1. The standard InChI is InChI=1S/C32H48N2O10Si2/c1-20(2)45(21(3)4)41-19-25-28(43-46(44-45,22(5)6)23(7)8)29(40-18-16-27(36)39-9)31(42-25)33-17-15-26(35)34(32(33)38)30(37)24-13-11-10-12-14-24/h10-15,17,20-23,25,28-29,31H,16,18-19H2,1-9H3/t25-,28-,29-,31-/m1/s1. The molecular weight excluding hydrogens is 629 g/mol. The number of hydrogen-bond donors (Lipinski definition) is 0. The fraction of sp³-hybridized carbons (Fsp3) is 0.625. The number of esters is 1. The highest BCUT2D eigenvalue weighted by Gasteiger charge is 2.62. The second kappa shape index (κ2) is 14.6. The summed E-state index contributed by atoms with van der Waals surface area (Å²) < 4.78 is 40.8. The molecule has 46 heavy (non-hydrogen) atoms. The first kappa shape index (κ1) is 36.1. The Labute approximate surface area is 272 Å². The molecule has 2 fully saturated rings. The summed E-state index contributed by atoms with van der Waals surface area (Å²) >= 11 is 0. The van der Waals surface area contributed by atoms with E-state index in [1.54, 1.807) is 18.2 Å². The predicted molar refractivity (Wildman–Crippen MR) is 175 cm³/mol. The van der Waals surface area contributed by atoms with E-state index in [9.17, 15) is 19.2 Å². The van der Waals surface area contributed by atoms with Crippen molar-refractivity contribution in [2.45, 2.75) is 109 Å². The fourth-order valence-corrected chi connectivity index (χ4v) is 17.7. The molecule has 1 aromatic heterocycles. The SMILES string of the molecule is COC(=O)CCO[C@@H]1[C@@H]2O[Si](C(C)C)(C(C)C)O[Si](C(C)C)(C(C)C)OC[C@H]2O[C@H]1n1ccc(=O)n(C(=O)c2ccccc2)c1=O. The minimum Gasteiger partial charge on any atom is -0.469 e. The summed E-state index contributed by atoms with van der Waals surface area (Å²) in [6.45, 7) is 16.9. The second-order valence-corrected chi connectivity index (χ2v) is 22.0. The first-order chi connectivity index (χ1) is 21.7. The van der Waals surface area contributed by atoms with Gasteiger partial charge in [-0.2, -0.15) is 4.57 Å². The van der Waals surface area contributed by atoms with Crippen LogP contribution in [0.2, 0.25) is 22.2 Å². The van der Waals surface area contributed by atoms with Crippen LogP contribution in [0.5, 0.6) is 0 Å². The maximum Gasteiger partial charge on any atom is 0.340 e. The van der Waals surface area contributed by atoms with Crippen molar-refractivity contribution < 1.29 is 36.8 Å². The predicted octanol–water partition coefficient (Wildman–Crippen LogP) is 4.50. The maximum atomic E-state index is 13.9. The van der Waals surface area contributed by atoms with Crippen LogP contribution in [-0.4, -0.2) is 76.8 Å². The van der Waals surface area contributed by atoms with Crippen LogP contribution in [-0.2, 0) is 32.0 Å². The molecule has 0 bridgehead atoms. The third-order valence-electron chi connectivity index (χ3n) is 8.97. The van der Waals surface area contributed by atoms with E-state index in [0.717, 1.165) is 6.07 Å². The number of fused-ring (bicyclic) bond motifs is 1. The number of carbonyl (C=O) groups excluding carboxylic acids is 2. The molecule has 0 N–H and O–H groups in total. The first-order valence-corrected chi connectivity index (χ1v) is 19.9. The maximum absolute atomic E-state index is 13.9. The Balaban J connectivity index is 1.85. The van der Waals surface area contributed by atoms with E-state index in [2.05, 4.69) is 55.4 Å². The summed E-state index contributed by atoms with van der Waals surface area (Å²) in [6, 6.07) is 9.25. The lowest BCUT2D eigenvalue weighted by molar-refractivity contribution is -0.143. The number of benzene rings is 1. The van der Waals surface area contributed by atoms with Gasteiger partial charge < -0.3 is 27.2 Å². The van der Waals surface area contributed by atoms with Gasteiger partial charge in [-0.3, -0.25) is 19.0 Å². The number of nitrogens with zero attached hydrogens (tertiary/aromatic N) is 2. The summed E-state index contributed by atoms with van der Waals surface area (Å²) in [6.07, 6.45) is -2.20. The van der Waals surface area contributed by atoms with Crippen molar-refractivity contribution in [3.63, 3.8) is 0 Å². The molecule has 0 unspecified atom stereocenters. The number of rotatable bonds is 10. The Hall–Kier alpha value is -2.73. The molecule has 4 rings (SSSR count). The molecule has 12 nitrogen and oxygen atoms in total. The van der Waals surface area contributed by atoms with Crippen LogP contribution in [0.4, 0.5) is 0 Å². The molecule has 14 heteroatoms. The van der Waals surface area contributed by atoms with E-state index in [1.165, 1.54) is 30.0 Å². The minimum absolute atomic E-state index is 0.0158. The van der Waals surface area contributed by atoms with Crippen molar-refractivity contribution in [2.75, 3.05) is 20.3 Å². The lowest BCUT2D eigenvalue weighted by atomic mass is 10.1. The van der Waals surface area contributed by atoms with Crippen molar-refractivity contribution in [1.82, 2.24) is 9.13 Å². The van der Waals surface area contributed by atoms with Gasteiger partial charge in [0.05, 0.1) is 26.7 Å². The van der Waals surface area contributed by atoms with E-state index >= 15 is 0 Å². The normalized spacial score (nSPS) is 24.2. The molecule has 3 heterocycles. The highest BCUT2D eigenvalue weighted by Crippen LogP contribution is 2.48. The molecule has 2 aromatic rings. The van der Waals surface area contributed by atoms with Gasteiger partial charge in [0.15, 0.2) is 6.23 Å². The second-order valence-electron chi connectivity index (χ2n) is 13.1. The largest absolute Gasteiger partial charge is 0.469 e. The van der Waals surface area contributed by atoms with Gasteiger partial charge >= 0.3 is 28.8 Å². The quantitative estimate of drug-likeness (QED) is 0.262. The lowest BCUT2D eigenvalue weighted by Gasteiger charge is -2.51. The molecule has 2 saturated heterocycles. The van der Waals surface area contributed by atoms with Crippen LogP contribution >= 0.6 is 0 Å². The third-order valence-corrected chi connectivity index (χ3v) is 19.2. The van der Waals surface area contributed by atoms with Gasteiger partial charge in [-0.05, 0) is 34.3 Å². The minimum atomic E-state index is -3.11. The molecule has 0 radical (unpaired) electrons. The smallest absolute Gasteiger partial charge is 0.340 e. The zero-order valence-corrected chi connectivity index (χ0v) is 30.3. The highest BCUT2D eigenvalue weighted by molar-refractivity contribution is 6.84. The molecule has 0 saturated carbocycles. The van der Waals surface area contributed by atoms with Gasteiger partial charge in [0.25, 0.3) is 11.5 Å². The van der Waals surface area contributed by atoms with E-state index in [0.29, 0.717) is 4.57 Å². The van der Waals surface area contributed by atoms with Crippen LogP contribution in [0.15, 0.2) is 52.2 Å². The Bertz CT molecular complexity index is 1470. The molecule has 254 valence electrons. The van der Waals surface area contributed by atoms with Crippen molar-refractivity contribution in [3.8, 4) is 0 Å². The fourth-order valence-electron chi connectivity index (χ4n) is 6.49. The van der Waals surface area contributed by atoms with Crippen molar-refractivity contribution in [3.05, 3.63) is 69.0 Å². The van der Waals surface area contributed by atoms with E-state index in [4.69, 9.17) is 27.2 Å². The molecular formula is C32H48N2O10Si2. The van der Waals surface area contributed by atoms with Crippen molar-refractivity contribution in [1.29, 1.82) is 0 Å². The van der Waals surface area contributed by atoms with Crippen LogP contribution in [0, 0.1) is 0 Å². The van der Waals surface area contributed by atoms with Gasteiger partial charge in [0.1, 0.15) is 18.3 Å². The number of ether oxygens (including phenoxy) is 3. The van der Waals surface area contributed by atoms with Crippen molar-refractivity contribution in [2.24, 2.45) is 0 Å². The van der Waals surface area contributed by atoms with Gasteiger partial charge in [0.2, 0.25) is 0 Å². The molecule has 0 spiro atoms. The summed E-state index contributed by atoms with van der Waals surface area (Å²) in [5, 5.41) is 0. The molecule has 0 amide bonds. The first-order valence-electron chi connectivity index (χ1n) is 16.0. The molecule has 4 atom stereocenters. The molecule has 1 aromatic carbocycles. The van der Waals surface area contributed by atoms with E-state index < -0.39 is 64.8 Å². The topological polar surface area (TPSA) is 134 Å². The Morgan fingerprint density at radius 1 is 0.913 bits per heavy atom. The van der Waals surface area contributed by atoms with Gasteiger partial charge in [-0.1, -0.05) is 73.6 Å². The average Bonchev–Trinajstić information content (AvgIpc) is 3.32. The number of hydrogen-bond acceptors (Lipinski definition) is 10. The monoisotopic (exact) mass is 676 g/mol. The molecule has 2 aliphatic rings. The van der Waals surface area contributed by atoms with Crippen LogP contribution in [0.1, 0.15) is 78.4 Å². The Morgan fingerprint density at radius 2 is 1.52 bits per heavy atom. The Kier molecular flexibility index (Phi) is 11.4. The van der Waals surface area contributed by atoms with E-state index in [1.807, 2.05) is 0 Å². The van der Waals surface area contributed by atoms with Gasteiger partial charge in [-0.15, -0.1) is 0 Å². The van der Waals surface area contributed by atoms with Crippen LogP contribution < -0.4 is 11.2 Å². The molecule has 2 aliphatic heterocycles. The summed E-state index contributed by atoms with van der Waals surface area (Å²) in [7, 11) is -4.71. The molecule has 0 aliphatic carbocycles. The lowest BCUT2D eigenvalue weighted by Crippen LogP contribution is -2.66. The van der Waals surface area contributed by atoms with Gasteiger partial charge in [-0.25, -0.2) is 4.79 Å². The highest BCUT2D eigenvalue weighted by atomic mass is 28.5. The summed E-state index contributed by atoms with van der Waals surface area (Å²) in [5.41, 5.74) is -1.23. The van der Waals surface area contributed by atoms with Crippen LogP contribution in [0.25, 0.3) is 0 Å². The third kappa shape index (κ3) is 6.79. The zero-order valence-electron chi connectivity index (χ0n) is 28.3. The summed E-state index contributed by atoms with van der Waals surface area (Å²) in [5.74, 6) is -1.23. The summed E-state index contributed by atoms with van der Waals surface area (Å²) in [4.78, 5) is 52.3. The number of aromatic nitrogens is 2. The zero-order chi connectivity index (χ0) is 34.0. The van der Waals surface area contributed by atoms with Crippen molar-refractivity contribution >= 4 is 29.0 Å². The Morgan fingerprint density at radius 3 is 2.09 bits per heavy atom. The van der Waals surface area contributed by atoms with Crippen LogP contribution in [0.3, 0.4) is 0 Å². The van der Waals surface area contributed by atoms with Gasteiger partial charge in [0, 0.05) is 17.8 Å². The average molecular weight is 677 g/mol.